The van der Waals surface area contributed by atoms with Gasteiger partial charge >= 0.3 is 0 Å². The average Bonchev–Trinajstić information content (AvgIpc) is 2.51. The Hall–Kier alpha value is -0.340. The maximum absolute atomic E-state index is 3.46. The van der Waals surface area contributed by atoms with Gasteiger partial charge in [-0.25, -0.2) is 0 Å². The number of hydrogen-bond acceptors (Lipinski definition) is 2. The van der Waals surface area contributed by atoms with E-state index < -0.39 is 0 Å². The number of aryl methyl sites for hydroxylation is 1. The Morgan fingerprint density at radius 1 is 1.50 bits per heavy atom. The summed E-state index contributed by atoms with van der Waals surface area (Å²) >= 11 is 1.89. The summed E-state index contributed by atoms with van der Waals surface area (Å²) in [6, 6.07) is 2.32. The van der Waals surface area contributed by atoms with Crippen molar-refractivity contribution < 1.29 is 0 Å². The van der Waals surface area contributed by atoms with E-state index in [0.717, 1.165) is 18.4 Å². The van der Waals surface area contributed by atoms with Crippen LogP contribution in [0, 0.1) is 12.8 Å². The zero-order valence-corrected chi connectivity index (χ0v) is 9.86. The predicted molar refractivity (Wildman–Crippen MR) is 63.1 cm³/mol. The molecule has 1 aliphatic rings. The van der Waals surface area contributed by atoms with E-state index in [4.69, 9.17) is 0 Å². The predicted octanol–water partition coefficient (Wildman–Crippen LogP) is 3.16. The van der Waals surface area contributed by atoms with Gasteiger partial charge in [0.15, 0.2) is 0 Å². The molecule has 0 aromatic carbocycles. The van der Waals surface area contributed by atoms with Gasteiger partial charge in [-0.1, -0.05) is 6.92 Å². The summed E-state index contributed by atoms with van der Waals surface area (Å²) in [5.41, 5.74) is 1.61. The molecule has 1 aromatic rings. The molecule has 1 saturated carbocycles. The fourth-order valence-corrected chi connectivity index (χ4v) is 3.11. The number of rotatable bonds is 4. The van der Waals surface area contributed by atoms with E-state index in [1.165, 1.54) is 24.3 Å². The molecule has 1 nitrogen and oxygen atoms in total. The maximum atomic E-state index is 3.46. The molecule has 1 aliphatic carbocycles. The molecule has 1 aromatic heterocycles. The molecule has 1 heterocycles. The molecule has 0 radical (unpaired) electrons. The normalized spacial score (nSPS) is 26.1. The standard InChI is InChI=1S/C12H19NS/c1-3-13-8-10-4-5-12(10)11-6-7-14-9(11)2/h6-7,10,12-13H,3-5,8H2,1-2H3. The van der Waals surface area contributed by atoms with E-state index in [1.807, 2.05) is 11.3 Å². The van der Waals surface area contributed by atoms with Gasteiger partial charge in [0.2, 0.25) is 0 Å². The molecule has 0 bridgehead atoms. The molecule has 14 heavy (non-hydrogen) atoms. The Balaban J connectivity index is 1.96. The second kappa shape index (κ2) is 4.45. The zero-order chi connectivity index (χ0) is 9.97. The minimum Gasteiger partial charge on any atom is -0.317 e. The maximum Gasteiger partial charge on any atom is 0.00491 e. The van der Waals surface area contributed by atoms with Gasteiger partial charge in [-0.15, -0.1) is 11.3 Å². The van der Waals surface area contributed by atoms with Crippen molar-refractivity contribution in [3.63, 3.8) is 0 Å². The molecule has 0 amide bonds. The van der Waals surface area contributed by atoms with Gasteiger partial charge in [0.25, 0.3) is 0 Å². The summed E-state index contributed by atoms with van der Waals surface area (Å²) in [4.78, 5) is 1.52. The molecule has 2 rings (SSSR count). The molecule has 1 fully saturated rings. The van der Waals surface area contributed by atoms with Crippen molar-refractivity contribution in [1.29, 1.82) is 0 Å². The van der Waals surface area contributed by atoms with Gasteiger partial charge < -0.3 is 5.32 Å². The zero-order valence-electron chi connectivity index (χ0n) is 9.05. The van der Waals surface area contributed by atoms with Gasteiger partial charge in [-0.3, -0.25) is 0 Å². The van der Waals surface area contributed by atoms with E-state index in [1.54, 1.807) is 5.56 Å². The van der Waals surface area contributed by atoms with Crippen molar-refractivity contribution in [1.82, 2.24) is 5.32 Å². The first-order valence-electron chi connectivity index (χ1n) is 5.57. The van der Waals surface area contributed by atoms with Crippen molar-refractivity contribution in [2.24, 2.45) is 5.92 Å². The van der Waals surface area contributed by atoms with Crippen LogP contribution in [0.15, 0.2) is 11.4 Å². The van der Waals surface area contributed by atoms with Gasteiger partial charge in [-0.2, -0.15) is 0 Å². The second-order valence-corrected chi connectivity index (χ2v) is 5.30. The molecule has 1 N–H and O–H groups in total. The molecular formula is C12H19NS. The Morgan fingerprint density at radius 2 is 2.36 bits per heavy atom. The molecule has 78 valence electrons. The van der Waals surface area contributed by atoms with Crippen LogP contribution in [0.3, 0.4) is 0 Å². The van der Waals surface area contributed by atoms with Crippen molar-refractivity contribution in [3.8, 4) is 0 Å². The highest BCUT2D eigenvalue weighted by atomic mass is 32.1. The number of nitrogens with one attached hydrogen (secondary N) is 1. The lowest BCUT2D eigenvalue weighted by Crippen LogP contribution is -2.33. The van der Waals surface area contributed by atoms with Crippen LogP contribution in [0.1, 0.15) is 36.1 Å². The Bertz CT molecular complexity index is 292. The van der Waals surface area contributed by atoms with Gasteiger partial charge in [0, 0.05) is 4.88 Å². The molecule has 0 aliphatic heterocycles. The van der Waals surface area contributed by atoms with Gasteiger partial charge in [0.1, 0.15) is 0 Å². The summed E-state index contributed by atoms with van der Waals surface area (Å²) in [6.45, 7) is 6.74. The summed E-state index contributed by atoms with van der Waals surface area (Å²) in [5, 5.41) is 5.69. The van der Waals surface area contributed by atoms with Crippen LogP contribution in [0.2, 0.25) is 0 Å². The first-order valence-corrected chi connectivity index (χ1v) is 6.45. The van der Waals surface area contributed by atoms with Crippen LogP contribution in [-0.2, 0) is 0 Å². The van der Waals surface area contributed by atoms with E-state index in [2.05, 4.69) is 30.6 Å². The summed E-state index contributed by atoms with van der Waals surface area (Å²) in [7, 11) is 0. The molecule has 2 unspecified atom stereocenters. The third-order valence-corrected chi connectivity index (χ3v) is 4.23. The molecule has 0 spiro atoms. The minimum absolute atomic E-state index is 0.847. The van der Waals surface area contributed by atoms with Crippen LogP contribution in [0.5, 0.6) is 0 Å². The van der Waals surface area contributed by atoms with E-state index in [0.29, 0.717) is 0 Å². The summed E-state index contributed by atoms with van der Waals surface area (Å²) < 4.78 is 0. The first-order chi connectivity index (χ1) is 6.83. The SMILES string of the molecule is CCNCC1CCC1c1ccsc1C. The van der Waals surface area contributed by atoms with Crippen LogP contribution < -0.4 is 5.32 Å². The van der Waals surface area contributed by atoms with Crippen LogP contribution in [0.4, 0.5) is 0 Å². The van der Waals surface area contributed by atoms with Gasteiger partial charge in [0.05, 0.1) is 0 Å². The Labute approximate surface area is 90.5 Å². The van der Waals surface area contributed by atoms with E-state index >= 15 is 0 Å². The highest BCUT2D eigenvalue weighted by molar-refractivity contribution is 7.10. The monoisotopic (exact) mass is 209 g/mol. The lowest BCUT2D eigenvalue weighted by Gasteiger charge is -2.37. The van der Waals surface area contributed by atoms with Gasteiger partial charge in [-0.05, 0) is 61.7 Å². The van der Waals surface area contributed by atoms with E-state index in [9.17, 15) is 0 Å². The van der Waals surface area contributed by atoms with Crippen LogP contribution in [-0.4, -0.2) is 13.1 Å². The van der Waals surface area contributed by atoms with Crippen molar-refractivity contribution in [2.45, 2.75) is 32.6 Å². The molecule has 2 atom stereocenters. The first kappa shape index (κ1) is 10.2. The van der Waals surface area contributed by atoms with Crippen molar-refractivity contribution in [2.75, 3.05) is 13.1 Å². The fraction of sp³-hybridized carbons (Fsp3) is 0.667. The lowest BCUT2D eigenvalue weighted by molar-refractivity contribution is 0.247. The third-order valence-electron chi connectivity index (χ3n) is 3.37. The third kappa shape index (κ3) is 1.86. The minimum atomic E-state index is 0.847. The average molecular weight is 209 g/mol. The second-order valence-electron chi connectivity index (χ2n) is 4.18. The molecule has 2 heteroatoms. The smallest absolute Gasteiger partial charge is 0.00491 e. The molecular weight excluding hydrogens is 190 g/mol. The fourth-order valence-electron chi connectivity index (χ4n) is 2.33. The number of thiophene rings is 1. The number of hydrogen-bond donors (Lipinski definition) is 1. The van der Waals surface area contributed by atoms with E-state index in [-0.39, 0.29) is 0 Å². The molecule has 0 saturated heterocycles. The van der Waals surface area contributed by atoms with Crippen LogP contribution in [0.25, 0.3) is 0 Å². The van der Waals surface area contributed by atoms with Crippen molar-refractivity contribution >= 4 is 11.3 Å². The largest absolute Gasteiger partial charge is 0.317 e. The Kier molecular flexibility index (Phi) is 3.24. The lowest BCUT2D eigenvalue weighted by atomic mass is 9.70. The highest BCUT2D eigenvalue weighted by Gasteiger charge is 2.32. The topological polar surface area (TPSA) is 12.0 Å². The summed E-state index contributed by atoms with van der Waals surface area (Å²) in [5.74, 6) is 1.74. The summed E-state index contributed by atoms with van der Waals surface area (Å²) in [6.07, 6.45) is 2.81. The highest BCUT2D eigenvalue weighted by Crippen LogP contribution is 2.44. The van der Waals surface area contributed by atoms with Crippen LogP contribution >= 0.6 is 11.3 Å². The Morgan fingerprint density at radius 3 is 2.86 bits per heavy atom. The van der Waals surface area contributed by atoms with Crippen molar-refractivity contribution in [3.05, 3.63) is 21.9 Å². The quantitative estimate of drug-likeness (QED) is 0.803.